The number of benzene rings is 1. The molecule has 0 aromatic heterocycles. The molecule has 4 N–H and O–H groups in total. The average molecular weight is 536 g/mol. The van der Waals surface area contributed by atoms with Gasteiger partial charge in [-0.05, 0) is 49.9 Å². The summed E-state index contributed by atoms with van der Waals surface area (Å²) in [7, 11) is 0. The highest BCUT2D eigenvalue weighted by atomic mass is 16.7. The van der Waals surface area contributed by atoms with E-state index in [0.29, 0.717) is 69.3 Å². The molecule has 1 amide bonds. The second-order valence-electron chi connectivity index (χ2n) is 10.2. The van der Waals surface area contributed by atoms with Gasteiger partial charge in [0.05, 0.1) is 32.3 Å². The highest BCUT2D eigenvalue weighted by Gasteiger charge is 2.47. The monoisotopic (exact) mass is 535 g/mol. The van der Waals surface area contributed by atoms with E-state index in [-0.39, 0.29) is 38.2 Å². The van der Waals surface area contributed by atoms with E-state index in [4.69, 9.17) is 24.7 Å². The van der Waals surface area contributed by atoms with Crippen LogP contribution in [-0.4, -0.2) is 97.0 Å². The molecule has 0 aliphatic carbocycles. The largest absolute Gasteiger partial charge is 0.481 e. The van der Waals surface area contributed by atoms with Crippen molar-refractivity contribution in [1.29, 1.82) is 0 Å². The Bertz CT molecular complexity index is 946. The quantitative estimate of drug-likeness (QED) is 0.321. The first kappa shape index (κ1) is 28.6. The van der Waals surface area contributed by atoms with Crippen LogP contribution in [0.1, 0.15) is 56.1 Å². The third-order valence-electron chi connectivity index (χ3n) is 7.70. The van der Waals surface area contributed by atoms with Gasteiger partial charge < -0.3 is 39.8 Å². The Kier molecular flexibility index (Phi) is 10.2. The molecule has 2 saturated heterocycles. The van der Waals surface area contributed by atoms with Gasteiger partial charge >= 0.3 is 5.97 Å². The molecule has 0 spiro atoms. The molecule has 1 aromatic rings. The highest BCUT2D eigenvalue weighted by Crippen LogP contribution is 2.45. The number of aliphatic hydroxyl groups excluding tert-OH is 1. The Morgan fingerprint density at radius 3 is 2.58 bits per heavy atom. The summed E-state index contributed by atoms with van der Waals surface area (Å²) >= 11 is 0. The summed E-state index contributed by atoms with van der Waals surface area (Å²) in [6.45, 7) is 5.21. The summed E-state index contributed by atoms with van der Waals surface area (Å²) in [6, 6.07) is 3.22. The topological polar surface area (TPSA) is 144 Å². The fourth-order valence-electron chi connectivity index (χ4n) is 5.78. The lowest BCUT2D eigenvalue weighted by Crippen LogP contribution is -2.45. The van der Waals surface area contributed by atoms with Gasteiger partial charge in [0.2, 0.25) is 12.7 Å². The summed E-state index contributed by atoms with van der Waals surface area (Å²) in [5.41, 5.74) is 7.03. The van der Waals surface area contributed by atoms with Crippen molar-refractivity contribution in [2.45, 2.75) is 63.9 Å². The molecule has 0 bridgehead atoms. The maximum atomic E-state index is 13.5. The highest BCUT2D eigenvalue weighted by molar-refractivity contribution is 5.79. The maximum absolute atomic E-state index is 13.5. The summed E-state index contributed by atoms with van der Waals surface area (Å²) in [4.78, 5) is 30.0. The van der Waals surface area contributed by atoms with Crippen molar-refractivity contribution in [3.05, 3.63) is 23.3 Å². The van der Waals surface area contributed by atoms with Crippen molar-refractivity contribution < 1.29 is 38.7 Å². The Hall–Kier alpha value is -2.44. The number of amides is 1. The van der Waals surface area contributed by atoms with E-state index in [1.165, 1.54) is 0 Å². The molecule has 0 radical (unpaired) electrons. The normalized spacial score (nSPS) is 23.3. The number of carbonyl (C=O) groups is 2. The number of likely N-dealkylation sites (tertiary alicyclic amines) is 1. The number of aliphatic carboxylic acids is 1. The van der Waals surface area contributed by atoms with Gasteiger partial charge in [0.15, 0.2) is 17.8 Å². The van der Waals surface area contributed by atoms with Crippen LogP contribution in [0.5, 0.6) is 11.5 Å². The van der Waals surface area contributed by atoms with Crippen LogP contribution < -0.4 is 15.2 Å². The number of carboxylic acids is 1. The van der Waals surface area contributed by atoms with E-state index < -0.39 is 17.8 Å². The number of fused-ring (bicyclic) bond motifs is 1. The van der Waals surface area contributed by atoms with Crippen LogP contribution in [0.15, 0.2) is 12.1 Å². The molecule has 3 atom stereocenters. The smallest absolute Gasteiger partial charge is 0.308 e. The number of aliphatic hydroxyl groups is 1. The predicted octanol–water partition coefficient (Wildman–Crippen LogP) is 1.51. The molecule has 2 fully saturated rings. The number of carboxylic acid groups (broad SMARTS) is 1. The Morgan fingerprint density at radius 2 is 1.89 bits per heavy atom. The molecule has 4 rings (SSSR count). The number of rotatable bonds is 14. The van der Waals surface area contributed by atoms with Gasteiger partial charge in [0, 0.05) is 37.2 Å². The zero-order chi connectivity index (χ0) is 27.1. The van der Waals surface area contributed by atoms with Gasteiger partial charge in [0.25, 0.3) is 0 Å². The molecular weight excluding hydrogens is 494 g/mol. The number of hydrogen-bond acceptors (Lipinski definition) is 9. The maximum Gasteiger partial charge on any atom is 0.308 e. The van der Waals surface area contributed by atoms with Crippen molar-refractivity contribution in [2.24, 2.45) is 11.7 Å². The lowest BCUT2D eigenvalue weighted by molar-refractivity contribution is -0.144. The van der Waals surface area contributed by atoms with Crippen LogP contribution >= 0.6 is 0 Å². The van der Waals surface area contributed by atoms with E-state index in [1.54, 1.807) is 6.07 Å². The van der Waals surface area contributed by atoms with E-state index in [1.807, 2.05) is 15.9 Å². The zero-order valence-corrected chi connectivity index (χ0v) is 22.2. The Balaban J connectivity index is 1.60. The number of carbonyl (C=O) groups excluding carboxylic acids is 1. The van der Waals surface area contributed by atoms with Gasteiger partial charge in [-0.25, -0.2) is 0 Å². The zero-order valence-electron chi connectivity index (χ0n) is 22.2. The first-order chi connectivity index (χ1) is 18.5. The molecule has 3 aliphatic heterocycles. The lowest BCUT2D eigenvalue weighted by Gasteiger charge is -2.30. The molecule has 11 nitrogen and oxygen atoms in total. The van der Waals surface area contributed by atoms with Crippen molar-refractivity contribution in [2.75, 3.05) is 52.7 Å². The Labute approximate surface area is 223 Å². The third kappa shape index (κ3) is 6.58. The van der Waals surface area contributed by atoms with E-state index in [2.05, 4.69) is 6.92 Å². The standard InChI is InChI=1S/C27H41N3O8/c1-2-3-8-29(9-4-7-28)23(32)15-30-14-20(18-12-19(16-31)26-22(13-18)37-17-38-26)25(27(33)34)21(30)5-6-24-35-10-11-36-24/h12-13,20-21,24-25,31H,2-11,14-17,28H2,1H3,(H,33,34)/t20-,21+,25-/m1/s1. The lowest BCUT2D eigenvalue weighted by atomic mass is 9.83. The minimum absolute atomic E-state index is 0.0169. The number of unbranched alkanes of at least 4 members (excludes halogenated alkanes) is 1. The number of nitrogens with two attached hydrogens (primary N) is 1. The number of nitrogens with zero attached hydrogens (tertiary/aromatic N) is 2. The van der Waals surface area contributed by atoms with Crippen LogP contribution in [0.4, 0.5) is 0 Å². The summed E-state index contributed by atoms with van der Waals surface area (Å²) < 4.78 is 22.3. The SMILES string of the molecule is CCCCN(CCCN)C(=O)CN1C[C@H](c2cc(CO)c3c(c2)OCO3)[C@@H](C(=O)O)[C@@H]1CCC1OCCO1. The van der Waals surface area contributed by atoms with Crippen LogP contribution in [0.3, 0.4) is 0 Å². The van der Waals surface area contributed by atoms with Gasteiger partial charge in [-0.2, -0.15) is 0 Å². The fourth-order valence-corrected chi connectivity index (χ4v) is 5.78. The summed E-state index contributed by atoms with van der Waals surface area (Å²) in [5, 5.41) is 20.3. The van der Waals surface area contributed by atoms with Gasteiger partial charge in [0.1, 0.15) is 0 Å². The second-order valence-corrected chi connectivity index (χ2v) is 10.2. The number of hydrogen-bond donors (Lipinski definition) is 3. The predicted molar refractivity (Wildman–Crippen MR) is 138 cm³/mol. The molecule has 3 heterocycles. The van der Waals surface area contributed by atoms with Crippen LogP contribution in [0.25, 0.3) is 0 Å². The summed E-state index contributed by atoms with van der Waals surface area (Å²) in [6.07, 6.45) is 3.29. The molecule has 0 saturated carbocycles. The summed E-state index contributed by atoms with van der Waals surface area (Å²) in [5.74, 6) is -1.10. The van der Waals surface area contributed by atoms with Crippen molar-refractivity contribution >= 4 is 11.9 Å². The van der Waals surface area contributed by atoms with Crippen LogP contribution in [0, 0.1) is 5.92 Å². The first-order valence-corrected chi connectivity index (χ1v) is 13.7. The van der Waals surface area contributed by atoms with Crippen molar-refractivity contribution in [3.63, 3.8) is 0 Å². The number of ether oxygens (including phenoxy) is 4. The van der Waals surface area contributed by atoms with Crippen LogP contribution in [-0.2, 0) is 25.7 Å². The molecule has 1 aromatic carbocycles. The van der Waals surface area contributed by atoms with Gasteiger partial charge in [-0.1, -0.05) is 13.3 Å². The molecule has 0 unspecified atom stereocenters. The van der Waals surface area contributed by atoms with Crippen molar-refractivity contribution in [1.82, 2.24) is 9.80 Å². The Morgan fingerprint density at radius 1 is 1.13 bits per heavy atom. The van der Waals surface area contributed by atoms with Crippen LogP contribution in [0.2, 0.25) is 0 Å². The van der Waals surface area contributed by atoms with E-state index in [9.17, 15) is 19.8 Å². The van der Waals surface area contributed by atoms with E-state index >= 15 is 0 Å². The van der Waals surface area contributed by atoms with E-state index in [0.717, 1.165) is 24.8 Å². The fraction of sp³-hybridized carbons (Fsp3) is 0.704. The molecule has 38 heavy (non-hydrogen) atoms. The van der Waals surface area contributed by atoms with Gasteiger partial charge in [-0.3, -0.25) is 14.5 Å². The van der Waals surface area contributed by atoms with Gasteiger partial charge in [-0.15, -0.1) is 0 Å². The first-order valence-electron chi connectivity index (χ1n) is 13.7. The molecule has 11 heteroatoms. The average Bonchev–Trinajstić information content (AvgIpc) is 3.67. The molecule has 3 aliphatic rings. The third-order valence-corrected chi connectivity index (χ3v) is 7.70. The second kappa shape index (κ2) is 13.6. The minimum Gasteiger partial charge on any atom is -0.481 e. The van der Waals surface area contributed by atoms with Crippen molar-refractivity contribution in [3.8, 4) is 11.5 Å². The molecule has 212 valence electrons. The minimum atomic E-state index is -0.919. The molecular formula is C27H41N3O8.